The quantitative estimate of drug-likeness (QED) is 0.677. The lowest BCUT2D eigenvalue weighted by Gasteiger charge is -2.26. The van der Waals surface area contributed by atoms with Crippen molar-refractivity contribution >= 4 is 17.5 Å². The first kappa shape index (κ1) is 11.5. The molecule has 2 aliphatic heterocycles. The van der Waals surface area contributed by atoms with Gasteiger partial charge in [-0.2, -0.15) is 11.8 Å². The average Bonchev–Trinajstić information content (AvgIpc) is 2.58. The maximum atomic E-state index is 11.9. The minimum Gasteiger partial charge on any atom is -0.385 e. The van der Waals surface area contributed by atoms with E-state index in [1.54, 1.807) is 7.11 Å². The number of carbonyl (C=O) groups excluding carboxylic acids is 1. The summed E-state index contributed by atoms with van der Waals surface area (Å²) in [4.78, 5) is 11.9. The first-order chi connectivity index (χ1) is 7.29. The molecule has 0 spiro atoms. The summed E-state index contributed by atoms with van der Waals surface area (Å²) >= 11 is 2.12. The number of ketones is 1. The van der Waals surface area contributed by atoms with Gasteiger partial charge in [0.2, 0.25) is 0 Å². The Labute approximate surface area is 96.1 Å². The van der Waals surface area contributed by atoms with Gasteiger partial charge in [0.15, 0.2) is 0 Å². The third-order valence-corrected chi connectivity index (χ3v) is 5.14. The topological polar surface area (TPSA) is 26.3 Å². The molecule has 2 rings (SSSR count). The molecule has 15 heavy (non-hydrogen) atoms. The lowest BCUT2D eigenvalue weighted by molar-refractivity contribution is -0.123. The zero-order valence-electron chi connectivity index (χ0n) is 9.41. The molecule has 0 saturated carbocycles. The minimum absolute atomic E-state index is 0.376. The zero-order valence-corrected chi connectivity index (χ0v) is 10.2. The summed E-state index contributed by atoms with van der Waals surface area (Å²) in [6.07, 6.45) is 6.60. The third-order valence-electron chi connectivity index (χ3n) is 3.52. The number of hydrogen-bond donors (Lipinski definition) is 0. The van der Waals surface area contributed by atoms with Gasteiger partial charge in [-0.05, 0) is 32.1 Å². The number of thioether (sulfide) groups is 1. The van der Waals surface area contributed by atoms with E-state index in [2.05, 4.69) is 11.8 Å². The summed E-state index contributed by atoms with van der Waals surface area (Å²) in [6, 6.07) is 0. The summed E-state index contributed by atoms with van der Waals surface area (Å²) in [7, 11) is 1.70. The molecular weight excluding hydrogens is 208 g/mol. The highest BCUT2D eigenvalue weighted by atomic mass is 32.2. The van der Waals surface area contributed by atoms with E-state index in [4.69, 9.17) is 4.74 Å². The molecular formula is C12H20O2S. The molecule has 0 amide bonds. The van der Waals surface area contributed by atoms with Crippen molar-refractivity contribution in [3.05, 3.63) is 0 Å². The Balaban J connectivity index is 1.76. The molecule has 86 valence electrons. The Bertz CT molecular complexity index is 218. The fourth-order valence-electron chi connectivity index (χ4n) is 2.72. The fourth-order valence-corrected chi connectivity index (χ4v) is 4.49. The molecule has 0 radical (unpaired) electrons. The van der Waals surface area contributed by atoms with Crippen molar-refractivity contribution < 1.29 is 9.53 Å². The minimum atomic E-state index is 0.376. The number of Topliss-reactive ketones (excluding diaryl/α,β-unsaturated/α-hetero) is 1. The Morgan fingerprint density at radius 3 is 2.60 bits per heavy atom. The van der Waals surface area contributed by atoms with E-state index in [1.165, 1.54) is 12.8 Å². The summed E-state index contributed by atoms with van der Waals surface area (Å²) in [5.41, 5.74) is 0. The third kappa shape index (κ3) is 2.97. The number of methoxy groups -OCH3 is 1. The van der Waals surface area contributed by atoms with Crippen LogP contribution in [0.3, 0.4) is 0 Å². The smallest absolute Gasteiger partial charge is 0.136 e. The van der Waals surface area contributed by atoms with Crippen LogP contribution in [0.4, 0.5) is 0 Å². The van der Waals surface area contributed by atoms with Gasteiger partial charge in [0.25, 0.3) is 0 Å². The summed E-state index contributed by atoms with van der Waals surface area (Å²) < 4.78 is 4.98. The Kier molecular flexibility index (Phi) is 4.09. The molecule has 2 unspecified atom stereocenters. The number of hydrogen-bond acceptors (Lipinski definition) is 3. The summed E-state index contributed by atoms with van der Waals surface area (Å²) in [5.74, 6) is 0.866. The van der Waals surface area contributed by atoms with E-state index in [1.807, 2.05) is 0 Å². The van der Waals surface area contributed by atoms with E-state index >= 15 is 0 Å². The molecule has 2 aliphatic rings. The van der Waals surface area contributed by atoms with E-state index in [0.717, 1.165) is 42.8 Å². The molecule has 3 heteroatoms. The van der Waals surface area contributed by atoms with Crippen LogP contribution in [-0.4, -0.2) is 30.0 Å². The predicted molar refractivity (Wildman–Crippen MR) is 63.2 cm³/mol. The van der Waals surface area contributed by atoms with Crippen molar-refractivity contribution in [1.29, 1.82) is 0 Å². The molecule has 0 aromatic heterocycles. The van der Waals surface area contributed by atoms with Gasteiger partial charge in [-0.25, -0.2) is 0 Å². The lowest BCUT2D eigenvalue weighted by Crippen LogP contribution is -2.24. The molecule has 2 atom stereocenters. The van der Waals surface area contributed by atoms with E-state index in [9.17, 15) is 4.79 Å². The molecule has 2 saturated heterocycles. The van der Waals surface area contributed by atoms with Crippen LogP contribution in [0.15, 0.2) is 0 Å². The van der Waals surface area contributed by atoms with Gasteiger partial charge in [0.05, 0.1) is 0 Å². The second-order valence-corrected chi connectivity index (χ2v) is 6.29. The van der Waals surface area contributed by atoms with Crippen LogP contribution < -0.4 is 0 Å². The zero-order chi connectivity index (χ0) is 10.7. The van der Waals surface area contributed by atoms with Crippen molar-refractivity contribution in [3.8, 4) is 0 Å². The average molecular weight is 228 g/mol. The largest absolute Gasteiger partial charge is 0.385 e. The summed E-state index contributed by atoms with van der Waals surface area (Å²) in [5, 5.41) is 1.58. The second-order valence-electron chi connectivity index (χ2n) is 4.69. The van der Waals surface area contributed by atoms with Gasteiger partial charge in [-0.1, -0.05) is 0 Å². The van der Waals surface area contributed by atoms with Crippen LogP contribution in [0.1, 0.15) is 38.5 Å². The van der Waals surface area contributed by atoms with Crippen molar-refractivity contribution in [2.24, 2.45) is 5.92 Å². The highest BCUT2D eigenvalue weighted by Gasteiger charge is 2.37. The van der Waals surface area contributed by atoms with Gasteiger partial charge < -0.3 is 4.74 Å². The van der Waals surface area contributed by atoms with Gasteiger partial charge >= 0.3 is 0 Å². The Morgan fingerprint density at radius 1 is 1.33 bits per heavy atom. The predicted octanol–water partition coefficient (Wildman–Crippen LogP) is 2.66. The molecule has 0 aliphatic carbocycles. The molecule has 2 heterocycles. The summed E-state index contributed by atoms with van der Waals surface area (Å²) in [6.45, 7) is 0.722. The first-order valence-electron chi connectivity index (χ1n) is 5.96. The van der Waals surface area contributed by atoms with Crippen LogP contribution in [0, 0.1) is 5.92 Å². The van der Waals surface area contributed by atoms with Crippen LogP contribution >= 0.6 is 11.8 Å². The molecule has 0 aromatic carbocycles. The molecule has 2 nitrogen and oxygen atoms in total. The lowest BCUT2D eigenvalue weighted by atomic mass is 9.92. The van der Waals surface area contributed by atoms with Crippen molar-refractivity contribution in [2.75, 3.05) is 13.7 Å². The normalized spacial score (nSPS) is 34.3. The Hall–Kier alpha value is -0.0200. The van der Waals surface area contributed by atoms with Crippen molar-refractivity contribution in [2.45, 2.75) is 49.0 Å². The number of ether oxygens (including phenoxy) is 1. The number of rotatable bonds is 5. The molecule has 0 N–H and O–H groups in total. The number of fused-ring (bicyclic) bond motifs is 2. The first-order valence-corrected chi connectivity index (χ1v) is 6.91. The Morgan fingerprint density at radius 2 is 2.00 bits per heavy atom. The fraction of sp³-hybridized carbons (Fsp3) is 0.917. The van der Waals surface area contributed by atoms with E-state index in [0.29, 0.717) is 11.7 Å². The second kappa shape index (κ2) is 5.35. The monoisotopic (exact) mass is 228 g/mol. The van der Waals surface area contributed by atoms with Crippen LogP contribution in [0.2, 0.25) is 0 Å². The van der Waals surface area contributed by atoms with Gasteiger partial charge in [-0.15, -0.1) is 0 Å². The molecule has 2 fully saturated rings. The van der Waals surface area contributed by atoms with E-state index < -0.39 is 0 Å². The van der Waals surface area contributed by atoms with Gasteiger partial charge in [0, 0.05) is 36.6 Å². The molecule has 2 bridgehead atoms. The maximum Gasteiger partial charge on any atom is 0.136 e. The highest BCUT2D eigenvalue weighted by molar-refractivity contribution is 8.00. The highest BCUT2D eigenvalue weighted by Crippen LogP contribution is 2.46. The maximum absolute atomic E-state index is 11.9. The van der Waals surface area contributed by atoms with Crippen LogP contribution in [0.5, 0.6) is 0 Å². The van der Waals surface area contributed by atoms with Gasteiger partial charge in [0.1, 0.15) is 5.78 Å². The van der Waals surface area contributed by atoms with Crippen molar-refractivity contribution in [1.82, 2.24) is 0 Å². The SMILES string of the molecule is COCCCC(=O)C1CC2CCC(C1)S2. The van der Waals surface area contributed by atoms with Crippen LogP contribution in [-0.2, 0) is 9.53 Å². The van der Waals surface area contributed by atoms with Crippen molar-refractivity contribution in [3.63, 3.8) is 0 Å². The van der Waals surface area contributed by atoms with Gasteiger partial charge in [-0.3, -0.25) is 4.79 Å². The van der Waals surface area contributed by atoms with E-state index in [-0.39, 0.29) is 0 Å². The standard InChI is InChI=1S/C12H20O2S/c1-14-6-2-3-12(13)9-7-10-4-5-11(8-9)15-10/h9-11H,2-8H2,1H3. The number of carbonyl (C=O) groups is 1. The molecule has 0 aromatic rings. The van der Waals surface area contributed by atoms with Crippen LogP contribution in [0.25, 0.3) is 0 Å².